The molecule has 0 radical (unpaired) electrons. The second kappa shape index (κ2) is 12.5. The third-order valence-corrected chi connectivity index (χ3v) is 8.42. The lowest BCUT2D eigenvalue weighted by Gasteiger charge is -2.36. The zero-order valence-electron chi connectivity index (χ0n) is 23.5. The van der Waals surface area contributed by atoms with E-state index >= 15 is 0 Å². The van der Waals surface area contributed by atoms with Crippen LogP contribution in [0.4, 0.5) is 5.82 Å². The third kappa shape index (κ3) is 6.13. The first-order chi connectivity index (χ1) is 20.2. The molecule has 0 unspecified atom stereocenters. The van der Waals surface area contributed by atoms with Crippen molar-refractivity contribution in [3.05, 3.63) is 68.5 Å². The molecule has 2 aromatic heterocycles. The van der Waals surface area contributed by atoms with E-state index < -0.39 is 5.97 Å². The van der Waals surface area contributed by atoms with Crippen LogP contribution < -0.4 is 19.9 Å². The van der Waals surface area contributed by atoms with Gasteiger partial charge in [-0.1, -0.05) is 36.1 Å². The van der Waals surface area contributed by atoms with E-state index in [1.165, 1.54) is 17.3 Å². The zero-order valence-corrected chi connectivity index (χ0v) is 25.2. The predicted molar refractivity (Wildman–Crippen MR) is 165 cm³/mol. The van der Waals surface area contributed by atoms with Crippen LogP contribution in [-0.4, -0.2) is 80.0 Å². The SMILES string of the molecule is CC(=O)O.CCN1C(=O)C(=Cc2c(N3CCN(Cc4ccc5c(c4)OCO5)CC3)nc3c(C)cccn3c2=O)SC1=S. The molecule has 6 rings (SSSR count). The second-order valence-electron chi connectivity index (χ2n) is 9.93. The van der Waals surface area contributed by atoms with Gasteiger partial charge in [0.05, 0.1) is 10.5 Å². The van der Waals surface area contributed by atoms with Gasteiger partial charge in [0.15, 0.2) is 11.5 Å². The molecule has 0 spiro atoms. The average Bonchev–Trinajstić information content (AvgIpc) is 3.53. The van der Waals surface area contributed by atoms with Gasteiger partial charge < -0.3 is 19.5 Å². The van der Waals surface area contributed by atoms with E-state index in [9.17, 15) is 9.59 Å². The second-order valence-corrected chi connectivity index (χ2v) is 11.6. The van der Waals surface area contributed by atoms with Crippen molar-refractivity contribution in [2.24, 2.45) is 0 Å². The van der Waals surface area contributed by atoms with Crippen molar-refractivity contribution < 1.29 is 24.2 Å². The maximum absolute atomic E-state index is 13.7. The van der Waals surface area contributed by atoms with Crippen molar-refractivity contribution in [3.63, 3.8) is 0 Å². The van der Waals surface area contributed by atoms with E-state index in [-0.39, 0.29) is 18.3 Å². The molecule has 1 N–H and O–H groups in total. The highest BCUT2D eigenvalue weighted by atomic mass is 32.2. The van der Waals surface area contributed by atoms with E-state index in [1.54, 1.807) is 21.6 Å². The van der Waals surface area contributed by atoms with Crippen LogP contribution in [0.15, 0.2) is 46.2 Å². The maximum atomic E-state index is 13.7. The highest BCUT2D eigenvalue weighted by Gasteiger charge is 2.32. The topological polar surface area (TPSA) is 117 Å². The Morgan fingerprint density at radius 3 is 2.55 bits per heavy atom. The number of aromatic nitrogens is 2. The smallest absolute Gasteiger partial charge is 0.300 e. The Balaban J connectivity index is 0.000000830. The van der Waals surface area contributed by atoms with E-state index in [2.05, 4.69) is 15.9 Å². The molecule has 42 heavy (non-hydrogen) atoms. The Hall–Kier alpha value is -3.94. The number of thiocarbonyl (C=S) groups is 1. The van der Waals surface area contributed by atoms with E-state index in [4.69, 9.17) is 36.6 Å². The Labute approximate surface area is 252 Å². The van der Waals surface area contributed by atoms with Gasteiger partial charge >= 0.3 is 0 Å². The Morgan fingerprint density at radius 1 is 1.14 bits per heavy atom. The number of fused-ring (bicyclic) bond motifs is 2. The van der Waals surface area contributed by atoms with Crippen LogP contribution in [-0.2, 0) is 16.1 Å². The van der Waals surface area contributed by atoms with Crippen LogP contribution >= 0.6 is 24.0 Å². The largest absolute Gasteiger partial charge is 0.481 e. The number of likely N-dealkylation sites (N-methyl/N-ethyl adjacent to an activating group) is 1. The molecule has 5 heterocycles. The summed E-state index contributed by atoms with van der Waals surface area (Å²) in [5, 5.41) is 7.42. The maximum Gasteiger partial charge on any atom is 0.300 e. The number of hydrogen-bond acceptors (Lipinski definition) is 10. The molecule has 220 valence electrons. The number of carbonyl (C=O) groups excluding carboxylic acids is 1. The number of aryl methyl sites for hydroxylation is 1. The number of ether oxygens (including phenoxy) is 2. The van der Waals surface area contributed by atoms with Crippen molar-refractivity contribution in [3.8, 4) is 11.5 Å². The van der Waals surface area contributed by atoms with Gasteiger partial charge in [-0.05, 0) is 49.2 Å². The minimum atomic E-state index is -0.833. The number of anilines is 1. The molecule has 0 bridgehead atoms. The van der Waals surface area contributed by atoms with Crippen LogP contribution in [0, 0.1) is 6.92 Å². The molecule has 1 amide bonds. The van der Waals surface area contributed by atoms with Crippen molar-refractivity contribution in [1.82, 2.24) is 19.2 Å². The van der Waals surface area contributed by atoms with Gasteiger partial charge in [0.2, 0.25) is 6.79 Å². The molecule has 13 heteroatoms. The molecule has 0 saturated carbocycles. The molecular weight excluding hydrogens is 578 g/mol. The fraction of sp³-hybridized carbons (Fsp3) is 0.345. The van der Waals surface area contributed by atoms with Gasteiger partial charge in [0.25, 0.3) is 17.4 Å². The molecule has 3 aliphatic rings. The fourth-order valence-corrected chi connectivity index (χ4v) is 6.35. The summed E-state index contributed by atoms with van der Waals surface area (Å²) in [4.78, 5) is 47.1. The summed E-state index contributed by atoms with van der Waals surface area (Å²) in [6.45, 7) is 9.49. The summed E-state index contributed by atoms with van der Waals surface area (Å²) in [6, 6.07) is 9.84. The first-order valence-corrected chi connectivity index (χ1v) is 14.7. The number of amides is 1. The standard InChI is InChI=1S/C27H27N5O4S2.C2H4O2/c1-3-31-26(34)22(38-27(31)37)14-19-24(28-23-17(2)5-4-8-32(23)25(19)33)30-11-9-29(10-12-30)15-18-6-7-20-21(13-18)36-16-35-20;1-2(3)4/h4-8,13-14H,3,9-12,15-16H2,1-2H3;1H3,(H,3,4). The monoisotopic (exact) mass is 609 g/mol. The van der Waals surface area contributed by atoms with E-state index in [0.29, 0.717) is 45.9 Å². The molecule has 0 aliphatic carbocycles. The summed E-state index contributed by atoms with van der Waals surface area (Å²) in [7, 11) is 0. The minimum absolute atomic E-state index is 0.171. The van der Waals surface area contributed by atoms with Crippen LogP contribution in [0.1, 0.15) is 30.5 Å². The summed E-state index contributed by atoms with van der Waals surface area (Å²) in [5.41, 5.74) is 2.91. The number of rotatable bonds is 5. The highest BCUT2D eigenvalue weighted by molar-refractivity contribution is 8.26. The molecule has 3 aromatic rings. The molecule has 2 saturated heterocycles. The third-order valence-electron chi connectivity index (χ3n) is 7.04. The van der Waals surface area contributed by atoms with Gasteiger partial charge in [-0.2, -0.15) is 0 Å². The summed E-state index contributed by atoms with van der Waals surface area (Å²) in [5.74, 6) is 1.17. The molecule has 1 aromatic carbocycles. The van der Waals surface area contributed by atoms with E-state index in [0.717, 1.165) is 43.6 Å². The normalized spacial score (nSPS) is 17.6. The Kier molecular flexibility index (Phi) is 8.80. The number of pyridine rings is 1. The molecule has 0 atom stereocenters. The summed E-state index contributed by atoms with van der Waals surface area (Å²) in [6.07, 6.45) is 3.40. The van der Waals surface area contributed by atoms with Gasteiger partial charge in [0.1, 0.15) is 15.8 Å². The Morgan fingerprint density at radius 2 is 1.86 bits per heavy atom. The van der Waals surface area contributed by atoms with Gasteiger partial charge in [-0.15, -0.1) is 0 Å². The lowest BCUT2D eigenvalue weighted by Crippen LogP contribution is -2.47. The van der Waals surface area contributed by atoms with Gasteiger partial charge in [0, 0.05) is 52.4 Å². The number of aliphatic carboxylic acids is 1. The number of hydrogen-bond donors (Lipinski definition) is 1. The highest BCUT2D eigenvalue weighted by Crippen LogP contribution is 2.34. The zero-order chi connectivity index (χ0) is 30.0. The van der Waals surface area contributed by atoms with Gasteiger partial charge in [-0.3, -0.25) is 28.6 Å². The average molecular weight is 610 g/mol. The van der Waals surface area contributed by atoms with Gasteiger partial charge in [-0.25, -0.2) is 4.98 Å². The van der Waals surface area contributed by atoms with Crippen molar-refractivity contribution in [2.75, 3.05) is 44.4 Å². The molecule has 3 aliphatic heterocycles. The summed E-state index contributed by atoms with van der Waals surface area (Å²) < 4.78 is 13.0. The lowest BCUT2D eigenvalue weighted by atomic mass is 10.1. The van der Waals surface area contributed by atoms with Crippen LogP contribution in [0.5, 0.6) is 11.5 Å². The van der Waals surface area contributed by atoms with Crippen molar-refractivity contribution in [2.45, 2.75) is 27.3 Å². The molecule has 2 fully saturated rings. The number of piperazine rings is 1. The fourth-order valence-electron chi connectivity index (χ4n) is 4.99. The van der Waals surface area contributed by atoms with Crippen LogP contribution in [0.2, 0.25) is 0 Å². The first kappa shape index (κ1) is 29.5. The number of carbonyl (C=O) groups is 2. The number of nitrogens with zero attached hydrogens (tertiary/aromatic N) is 5. The lowest BCUT2D eigenvalue weighted by molar-refractivity contribution is -0.134. The van der Waals surface area contributed by atoms with Crippen molar-refractivity contribution in [1.29, 1.82) is 0 Å². The van der Waals surface area contributed by atoms with Crippen LogP contribution in [0.3, 0.4) is 0 Å². The summed E-state index contributed by atoms with van der Waals surface area (Å²) >= 11 is 6.62. The quantitative estimate of drug-likeness (QED) is 0.339. The van der Waals surface area contributed by atoms with E-state index in [1.807, 2.05) is 38.1 Å². The first-order valence-electron chi connectivity index (χ1n) is 13.5. The van der Waals surface area contributed by atoms with Crippen LogP contribution in [0.25, 0.3) is 11.7 Å². The number of benzene rings is 1. The molecular formula is C29H31N5O6S2. The number of carboxylic acids is 1. The minimum Gasteiger partial charge on any atom is -0.481 e. The predicted octanol–water partition coefficient (Wildman–Crippen LogP) is 3.37. The van der Waals surface area contributed by atoms with Crippen molar-refractivity contribution >= 4 is 57.7 Å². The Bertz CT molecular complexity index is 1640. The number of carboxylic acid groups (broad SMARTS) is 1. The molecule has 11 nitrogen and oxygen atoms in total. The number of thioether (sulfide) groups is 1.